The van der Waals surface area contributed by atoms with E-state index >= 15 is 0 Å². The van der Waals surface area contributed by atoms with E-state index in [1.165, 1.54) is 5.69 Å². The second kappa shape index (κ2) is 5.54. The molecule has 1 atom stereocenters. The molecular weight excluding hydrogens is 210 g/mol. The van der Waals surface area contributed by atoms with E-state index in [0.29, 0.717) is 0 Å². The van der Waals surface area contributed by atoms with Gasteiger partial charge >= 0.3 is 0 Å². The van der Waals surface area contributed by atoms with E-state index in [9.17, 15) is 5.11 Å². The van der Waals surface area contributed by atoms with E-state index in [2.05, 4.69) is 30.9 Å². The minimum Gasteiger partial charge on any atom is -0.385 e. The fraction of sp³-hybridized carbons (Fsp3) is 0.600. The number of benzene rings is 1. The third kappa shape index (κ3) is 3.01. The van der Waals surface area contributed by atoms with Crippen LogP contribution in [0.25, 0.3) is 0 Å². The first-order chi connectivity index (χ1) is 7.93. The van der Waals surface area contributed by atoms with Gasteiger partial charge in [0.05, 0.1) is 5.60 Å². The number of anilines is 1. The number of hydrogen-bond donors (Lipinski definition) is 1. The molecule has 0 saturated carbocycles. The maximum Gasteiger partial charge on any atom is 0.0891 e. The Labute approximate surface area is 105 Å². The van der Waals surface area contributed by atoms with Crippen LogP contribution in [-0.2, 0) is 5.60 Å². The molecule has 0 aromatic heterocycles. The molecule has 1 rings (SSSR count). The van der Waals surface area contributed by atoms with Gasteiger partial charge in [-0.25, -0.2) is 0 Å². The zero-order valence-electron chi connectivity index (χ0n) is 11.7. The molecule has 1 aromatic rings. The minimum absolute atomic E-state index is 0.210. The van der Waals surface area contributed by atoms with Crippen LogP contribution in [0.15, 0.2) is 24.3 Å². The first-order valence-electron chi connectivity index (χ1n) is 6.51. The Bertz CT molecular complexity index is 336. The first-order valence-corrected chi connectivity index (χ1v) is 6.51. The molecule has 17 heavy (non-hydrogen) atoms. The van der Waals surface area contributed by atoms with Crippen LogP contribution < -0.4 is 4.90 Å². The predicted octanol–water partition coefficient (Wildman–Crippen LogP) is 3.40. The van der Waals surface area contributed by atoms with Gasteiger partial charge in [-0.3, -0.25) is 0 Å². The van der Waals surface area contributed by atoms with Crippen molar-refractivity contribution in [2.45, 2.75) is 40.2 Å². The summed E-state index contributed by atoms with van der Waals surface area (Å²) >= 11 is 0. The molecule has 0 aliphatic carbocycles. The molecule has 0 amide bonds. The van der Waals surface area contributed by atoms with E-state index in [-0.39, 0.29) is 5.92 Å². The highest BCUT2D eigenvalue weighted by Gasteiger charge is 2.26. The van der Waals surface area contributed by atoms with Crippen LogP contribution >= 0.6 is 0 Å². The van der Waals surface area contributed by atoms with Gasteiger partial charge in [0, 0.05) is 18.8 Å². The molecule has 0 bridgehead atoms. The molecule has 0 aliphatic rings. The summed E-state index contributed by atoms with van der Waals surface area (Å²) in [5.41, 5.74) is 1.46. The quantitative estimate of drug-likeness (QED) is 0.845. The summed E-state index contributed by atoms with van der Waals surface area (Å²) in [4.78, 5) is 2.30. The molecule has 0 fully saturated rings. The van der Waals surface area contributed by atoms with Crippen LogP contribution in [-0.4, -0.2) is 18.2 Å². The lowest BCUT2D eigenvalue weighted by Gasteiger charge is -2.29. The Balaban J connectivity index is 2.95. The van der Waals surface area contributed by atoms with Crippen LogP contribution in [0.3, 0.4) is 0 Å². The van der Waals surface area contributed by atoms with Crippen LogP contribution in [0.1, 0.15) is 40.2 Å². The topological polar surface area (TPSA) is 23.5 Å². The second-order valence-electron chi connectivity index (χ2n) is 5.02. The monoisotopic (exact) mass is 235 g/mol. The average molecular weight is 235 g/mol. The van der Waals surface area contributed by atoms with Crippen molar-refractivity contribution in [2.24, 2.45) is 5.92 Å². The molecule has 0 aliphatic heterocycles. The summed E-state index contributed by atoms with van der Waals surface area (Å²) in [6.45, 7) is 12.3. The second-order valence-corrected chi connectivity index (χ2v) is 5.02. The number of nitrogens with zero attached hydrogens (tertiary/aromatic N) is 1. The van der Waals surface area contributed by atoms with Crippen molar-refractivity contribution in [2.75, 3.05) is 18.0 Å². The standard InChI is InChI=1S/C15H25NO/c1-6-16(7-2)14-10-8-13(9-11-14)15(5,17)12(3)4/h8-12,17H,6-7H2,1-5H3/t15-/m1/s1. The fourth-order valence-electron chi connectivity index (χ4n) is 1.93. The van der Waals surface area contributed by atoms with Crippen molar-refractivity contribution in [1.82, 2.24) is 0 Å². The van der Waals surface area contributed by atoms with Gasteiger partial charge in [-0.15, -0.1) is 0 Å². The van der Waals surface area contributed by atoms with Gasteiger partial charge in [0.2, 0.25) is 0 Å². The lowest BCUT2D eigenvalue weighted by atomic mass is 9.85. The molecule has 2 heteroatoms. The zero-order valence-corrected chi connectivity index (χ0v) is 11.7. The molecule has 1 aromatic carbocycles. The summed E-state index contributed by atoms with van der Waals surface area (Å²) in [5, 5.41) is 10.4. The fourth-order valence-corrected chi connectivity index (χ4v) is 1.93. The summed E-state index contributed by atoms with van der Waals surface area (Å²) in [7, 11) is 0. The van der Waals surface area contributed by atoms with Crippen molar-refractivity contribution in [3.05, 3.63) is 29.8 Å². The molecule has 0 radical (unpaired) electrons. The Kier molecular flexibility index (Phi) is 4.58. The van der Waals surface area contributed by atoms with Crippen molar-refractivity contribution in [1.29, 1.82) is 0 Å². The summed E-state index contributed by atoms with van der Waals surface area (Å²) in [5.74, 6) is 0.210. The van der Waals surface area contributed by atoms with Crippen molar-refractivity contribution < 1.29 is 5.11 Å². The average Bonchev–Trinajstić information content (AvgIpc) is 2.31. The smallest absolute Gasteiger partial charge is 0.0891 e. The maximum atomic E-state index is 10.4. The largest absolute Gasteiger partial charge is 0.385 e. The van der Waals surface area contributed by atoms with Crippen LogP contribution in [0.2, 0.25) is 0 Å². The van der Waals surface area contributed by atoms with Crippen molar-refractivity contribution >= 4 is 5.69 Å². The van der Waals surface area contributed by atoms with Crippen molar-refractivity contribution in [3.8, 4) is 0 Å². The molecule has 2 nitrogen and oxygen atoms in total. The van der Waals surface area contributed by atoms with Gasteiger partial charge < -0.3 is 10.0 Å². The summed E-state index contributed by atoms with van der Waals surface area (Å²) in [6.07, 6.45) is 0. The van der Waals surface area contributed by atoms with Crippen LogP contribution in [0.5, 0.6) is 0 Å². The third-order valence-corrected chi connectivity index (χ3v) is 3.70. The molecule has 96 valence electrons. The Morgan fingerprint density at radius 1 is 1.12 bits per heavy atom. The highest BCUT2D eigenvalue weighted by Crippen LogP contribution is 2.30. The minimum atomic E-state index is -0.748. The highest BCUT2D eigenvalue weighted by molar-refractivity contribution is 5.48. The Hall–Kier alpha value is -1.02. The van der Waals surface area contributed by atoms with Crippen LogP contribution in [0.4, 0.5) is 5.69 Å². The number of rotatable bonds is 5. The Morgan fingerprint density at radius 3 is 1.94 bits per heavy atom. The Morgan fingerprint density at radius 2 is 1.59 bits per heavy atom. The summed E-state index contributed by atoms with van der Waals surface area (Å²) < 4.78 is 0. The molecule has 1 N–H and O–H groups in total. The molecule has 0 heterocycles. The summed E-state index contributed by atoms with van der Waals surface area (Å²) in [6, 6.07) is 8.26. The van der Waals surface area contributed by atoms with Gasteiger partial charge in [-0.1, -0.05) is 26.0 Å². The number of aliphatic hydroxyl groups is 1. The van der Waals surface area contributed by atoms with Gasteiger partial charge in [-0.2, -0.15) is 0 Å². The van der Waals surface area contributed by atoms with E-state index < -0.39 is 5.60 Å². The predicted molar refractivity (Wildman–Crippen MR) is 74.4 cm³/mol. The molecule has 0 unspecified atom stereocenters. The third-order valence-electron chi connectivity index (χ3n) is 3.70. The van der Waals surface area contributed by atoms with E-state index in [0.717, 1.165) is 18.7 Å². The van der Waals surface area contributed by atoms with Crippen LogP contribution in [0, 0.1) is 5.92 Å². The lowest BCUT2D eigenvalue weighted by molar-refractivity contribution is 0.00906. The highest BCUT2D eigenvalue weighted by atomic mass is 16.3. The normalized spacial score (nSPS) is 14.8. The molecule has 0 spiro atoms. The maximum absolute atomic E-state index is 10.4. The first kappa shape index (κ1) is 14.0. The lowest BCUT2D eigenvalue weighted by Crippen LogP contribution is -2.28. The van der Waals surface area contributed by atoms with E-state index in [1.807, 2.05) is 32.9 Å². The zero-order chi connectivity index (χ0) is 13.1. The van der Waals surface area contributed by atoms with Gasteiger partial charge in [0.15, 0.2) is 0 Å². The van der Waals surface area contributed by atoms with Gasteiger partial charge in [-0.05, 0) is 44.4 Å². The van der Waals surface area contributed by atoms with E-state index in [1.54, 1.807) is 0 Å². The van der Waals surface area contributed by atoms with Crippen molar-refractivity contribution in [3.63, 3.8) is 0 Å². The SMILES string of the molecule is CCN(CC)c1ccc([C@](C)(O)C(C)C)cc1. The van der Waals surface area contributed by atoms with Gasteiger partial charge in [0.1, 0.15) is 0 Å². The number of hydrogen-bond acceptors (Lipinski definition) is 2. The molecular formula is C15H25NO. The van der Waals surface area contributed by atoms with Gasteiger partial charge in [0.25, 0.3) is 0 Å². The molecule has 0 saturated heterocycles. The van der Waals surface area contributed by atoms with E-state index in [4.69, 9.17) is 0 Å².